The number of hydrogen-bond acceptors (Lipinski definition) is 15. The van der Waals surface area contributed by atoms with Gasteiger partial charge in [-0.25, -0.2) is 9.59 Å². The Hall–Kier alpha value is -10.4. The molecule has 4 fully saturated rings. The molecule has 708 valence electrons. The van der Waals surface area contributed by atoms with E-state index in [-0.39, 0.29) is 91.1 Å². The first-order valence-electron chi connectivity index (χ1n) is 47.6. The molecule has 0 aromatic heterocycles. The Morgan fingerprint density at radius 3 is 0.850 bits per heavy atom. The van der Waals surface area contributed by atoms with Crippen molar-refractivity contribution in [2.45, 2.75) is 248 Å². The Balaban J connectivity index is 0.000000113. The predicted octanol–water partition coefficient (Wildman–Crippen LogP) is 32.1. The highest BCUT2D eigenvalue weighted by molar-refractivity contribution is 8.06. The maximum Gasteiger partial charge on any atom is 0.514 e. The first kappa shape index (κ1) is 98.4. The third-order valence-corrected chi connectivity index (χ3v) is 44.1. The lowest BCUT2D eigenvalue weighted by Crippen LogP contribution is -2.52. The fraction of sp³-hybridized carbons (Fsp3) is 0.225. The molecule has 5 aliphatic heterocycles. The summed E-state index contributed by atoms with van der Waals surface area (Å²) in [4.78, 5) is 70.4. The van der Waals surface area contributed by atoms with E-state index in [1.807, 2.05) is 175 Å². The number of ketones is 1. The Bertz CT molecular complexity index is 6670. The second kappa shape index (κ2) is 44.2. The van der Waals surface area contributed by atoms with Gasteiger partial charge in [0.15, 0.2) is 92.1 Å². The summed E-state index contributed by atoms with van der Waals surface area (Å²) in [6.07, 6.45) is 6.63. The van der Waals surface area contributed by atoms with Crippen LogP contribution in [0.4, 0.5) is 4.79 Å². The zero-order valence-corrected chi connectivity index (χ0v) is 88.2. The lowest BCUT2D eigenvalue weighted by molar-refractivity contribution is -0.157. The first-order valence-corrected chi connectivity index (χ1v) is 57.8. The van der Waals surface area contributed by atoms with Crippen LogP contribution >= 0.6 is 58.8 Å². The van der Waals surface area contributed by atoms with Gasteiger partial charge < -0.3 is 33.2 Å². The molecule has 9 aliphatic rings. The van der Waals surface area contributed by atoms with Crippen LogP contribution in [0.15, 0.2) is 486 Å². The standard InChI is InChI=1S/C32H33O2S2.C24H23O3S2.C23H21O3S2.C22H21O2S2.C19H15S2/c1-32(23-15-21-14-22(17-23)18-24(32)16-21)19-25(33)20-34-26-10-12-27(13-11-26)36-30-8-4-2-6-28(30)35-29-7-3-5-9-31(29)36;1-24(2,3)27-23(25)16-26-17-12-14-18(15-13-17)29-21-10-6-4-8-19(21)28-20-9-5-7-11-22(20)29;1-23(2,3)26-22(24)25-16-12-14-17(15-13-16)28-20-10-6-4-8-18(20)27-19-9-5-7-11-21(19)28;1-3-23-16(2)24-17-12-14-18(15-13-17)26-21-10-6-4-8-19(21)25-20-9-5-7-11-22(20)26;1-14-10-12-15(13-11-14)21-18-8-4-2-6-16(18)20-17-7-3-5-9-19(17)21/h2-13,21-24H,14-20H2,1H3;4-15H,16H2,1-3H3;4-15H,1-3H3;4-16H,3H2,1-2H3;2-13H,1H3/q5*+1. The van der Waals surface area contributed by atoms with Crippen LogP contribution in [0.5, 0.6) is 23.0 Å². The van der Waals surface area contributed by atoms with E-state index < -0.39 is 17.4 Å². The van der Waals surface area contributed by atoms with Crippen LogP contribution in [0.1, 0.15) is 106 Å². The highest BCUT2D eigenvalue weighted by Gasteiger charge is 2.55. The molecule has 0 spiro atoms. The molecule has 10 nitrogen and oxygen atoms in total. The lowest BCUT2D eigenvalue weighted by atomic mass is 9.45. The molecule has 4 aliphatic carbocycles. The number of Topliss-reactive ketones (excluding diaryl/α,β-unsaturated/α-hetero) is 1. The molecule has 0 saturated heterocycles. The highest BCUT2D eigenvalue weighted by atomic mass is 32.2. The van der Waals surface area contributed by atoms with Gasteiger partial charge in [-0.05, 0) is 354 Å². The number of ether oxygens (including phenoxy) is 7. The summed E-state index contributed by atoms with van der Waals surface area (Å²) in [5.74, 6) is 6.05. The van der Waals surface area contributed by atoms with Crippen LogP contribution in [0, 0.1) is 36.0 Å². The number of hydrogen-bond donors (Lipinski definition) is 0. The average Bonchev–Trinajstić information content (AvgIpc) is 0.721. The molecule has 15 aromatic carbocycles. The molecule has 1 atom stereocenters. The van der Waals surface area contributed by atoms with Gasteiger partial charge in [-0.1, -0.05) is 205 Å². The van der Waals surface area contributed by atoms with E-state index >= 15 is 0 Å². The van der Waals surface area contributed by atoms with Crippen molar-refractivity contribution in [3.63, 3.8) is 0 Å². The van der Waals surface area contributed by atoms with Crippen molar-refractivity contribution in [2.75, 3.05) is 19.8 Å². The van der Waals surface area contributed by atoms with Crippen LogP contribution < -0.4 is 18.9 Å². The topological polar surface area (TPSA) is 116 Å². The minimum absolute atomic E-state index is 0.0130. The minimum Gasteiger partial charge on any atom is -0.486 e. The van der Waals surface area contributed by atoms with Gasteiger partial charge in [0.25, 0.3) is 0 Å². The van der Waals surface area contributed by atoms with E-state index in [0.29, 0.717) is 24.5 Å². The van der Waals surface area contributed by atoms with Crippen molar-refractivity contribution < 1.29 is 47.5 Å². The van der Waals surface area contributed by atoms with Crippen molar-refractivity contribution >= 4 is 131 Å². The third kappa shape index (κ3) is 23.1. The summed E-state index contributed by atoms with van der Waals surface area (Å²) >= 11 is 9.27. The van der Waals surface area contributed by atoms with Crippen molar-refractivity contribution in [1.82, 2.24) is 0 Å². The van der Waals surface area contributed by atoms with Crippen molar-refractivity contribution in [1.29, 1.82) is 0 Å². The maximum absolute atomic E-state index is 13.1. The number of fused-ring (bicyclic) bond motifs is 10. The van der Waals surface area contributed by atoms with E-state index in [2.05, 4.69) is 317 Å². The fourth-order valence-corrected chi connectivity index (χ4v) is 38.0. The molecule has 4 saturated carbocycles. The molecule has 0 radical (unpaired) electrons. The van der Waals surface area contributed by atoms with E-state index in [1.54, 1.807) is 0 Å². The smallest absolute Gasteiger partial charge is 0.486 e. The first-order chi connectivity index (χ1) is 68.0. The van der Waals surface area contributed by atoms with Crippen LogP contribution in [0.25, 0.3) is 0 Å². The molecule has 15 aromatic rings. The largest absolute Gasteiger partial charge is 0.514 e. The van der Waals surface area contributed by atoms with Crippen molar-refractivity contribution in [2.24, 2.45) is 29.1 Å². The van der Waals surface area contributed by atoms with Crippen LogP contribution in [0.3, 0.4) is 0 Å². The summed E-state index contributed by atoms with van der Waals surface area (Å²) in [6.45, 7) is 20.2. The van der Waals surface area contributed by atoms with Gasteiger partial charge in [0, 0.05) is 13.0 Å². The van der Waals surface area contributed by atoms with Gasteiger partial charge in [0.05, 0.1) is 49.0 Å². The second-order valence-electron chi connectivity index (χ2n) is 37.6. The van der Waals surface area contributed by atoms with Gasteiger partial charge in [-0.3, -0.25) is 4.79 Å². The molecule has 140 heavy (non-hydrogen) atoms. The average molecular weight is 2040 g/mol. The van der Waals surface area contributed by atoms with Gasteiger partial charge >= 0.3 is 12.1 Å². The van der Waals surface area contributed by atoms with Gasteiger partial charge in [0.2, 0.25) is 0 Å². The van der Waals surface area contributed by atoms with Gasteiger partial charge in [0.1, 0.15) is 95.3 Å². The second-order valence-corrected chi connectivity index (χ2v) is 52.8. The van der Waals surface area contributed by atoms with Crippen LogP contribution in [-0.2, 0) is 78.3 Å². The Morgan fingerprint density at radius 2 is 0.579 bits per heavy atom. The Kier molecular flexibility index (Phi) is 31.1. The number of benzene rings is 15. The zero-order chi connectivity index (χ0) is 96.6. The zero-order valence-electron chi connectivity index (χ0n) is 80.1. The minimum atomic E-state index is -0.688. The Morgan fingerprint density at radius 1 is 0.329 bits per heavy atom. The fourth-order valence-electron chi connectivity index (χ4n) is 19.3. The van der Waals surface area contributed by atoms with E-state index in [9.17, 15) is 14.4 Å². The number of esters is 1. The molecular weight excluding hydrogens is 1920 g/mol. The summed E-state index contributed by atoms with van der Waals surface area (Å²) in [7, 11) is -0.560. The quantitative estimate of drug-likeness (QED) is 0.0351. The van der Waals surface area contributed by atoms with Gasteiger partial charge in [-0.15, -0.1) is 0 Å². The van der Waals surface area contributed by atoms with Crippen molar-refractivity contribution in [3.05, 3.63) is 370 Å². The number of rotatable bonds is 18. The molecule has 5 heterocycles. The van der Waals surface area contributed by atoms with Gasteiger partial charge in [-0.2, -0.15) is 0 Å². The third-order valence-electron chi connectivity index (χ3n) is 25.3. The normalized spacial score (nSPS) is 17.9. The molecule has 4 bridgehead atoms. The SMILES string of the molecule is CC(C)(C)OC(=O)COc1ccc([S+]2c3ccccc3Sc3ccccc32)cc1.CC(C)(C)OC(=O)Oc1ccc([S+]2c3ccccc3Sc3ccccc32)cc1.CC1(CC(=O)COc2ccc([S+]3c4ccccc4Sc4ccccc43)cc2)C2CC3CC(C2)CC1C3.CCOC(C)Oc1ccc([S+]2c3ccccc3Sc3ccccc32)cc1.Cc1ccc([S+]2c3ccccc3Sc3ccccc32)cc1. The summed E-state index contributed by atoms with van der Waals surface area (Å²) < 4.78 is 38.8. The Labute approximate surface area is 860 Å². The molecule has 0 N–H and O–H groups in total. The van der Waals surface area contributed by atoms with E-state index in [0.717, 1.165) is 35.2 Å². The van der Waals surface area contributed by atoms with Crippen LogP contribution in [-0.4, -0.2) is 55.2 Å². The molecular formula is C120H113O10S10+5. The van der Waals surface area contributed by atoms with E-state index in [4.69, 9.17) is 33.2 Å². The molecule has 0 amide bonds. The summed E-state index contributed by atoms with van der Waals surface area (Å²) in [5, 5.41) is 0. The molecule has 20 heteroatoms. The number of carbonyl (C=O) groups excluding carboxylic acids is 3. The maximum atomic E-state index is 13.1. The number of aryl methyl sites for hydroxylation is 1. The summed E-state index contributed by atoms with van der Waals surface area (Å²) in [5.41, 5.74) is 0.422. The summed E-state index contributed by atoms with van der Waals surface area (Å²) in [6, 6.07) is 129. The lowest BCUT2D eigenvalue weighted by Gasteiger charge is -2.60. The predicted molar refractivity (Wildman–Crippen MR) is 573 cm³/mol. The highest BCUT2D eigenvalue weighted by Crippen LogP contribution is 2.64. The van der Waals surface area contributed by atoms with E-state index in [1.165, 1.54) is 160 Å². The number of carbonyl (C=O) groups is 3. The molecule has 1 unspecified atom stereocenters. The molecule has 24 rings (SSSR count). The monoisotopic (exact) mass is 2030 g/mol. The van der Waals surface area contributed by atoms with Crippen molar-refractivity contribution in [3.8, 4) is 23.0 Å². The van der Waals surface area contributed by atoms with Crippen LogP contribution in [0.2, 0.25) is 0 Å².